The van der Waals surface area contributed by atoms with Crippen LogP contribution < -0.4 is 0 Å². The first-order chi connectivity index (χ1) is 10.9. The molecular formula is C15H16N2O5S. The summed E-state index contributed by atoms with van der Waals surface area (Å²) in [5.41, 5.74) is 0. The number of hydrogen-bond acceptors (Lipinski definition) is 5. The van der Waals surface area contributed by atoms with E-state index in [-0.39, 0.29) is 18.0 Å². The number of aliphatic carboxylic acids is 1. The van der Waals surface area contributed by atoms with Crippen molar-refractivity contribution in [1.82, 2.24) is 9.29 Å². The standard InChI is InChI=1S/C15H16N2O5S/c1-10-8-17(9-13(22-10)15(18)19)23(20,21)14-4-2-3-11-7-16-6-5-12(11)14/h2-7,10,13H,8-9H2,1H3,(H,18,19)/t10-,13-/m1/s1. The smallest absolute Gasteiger partial charge is 0.334 e. The molecule has 8 heteroatoms. The topological polar surface area (TPSA) is 96.8 Å². The molecule has 1 aliphatic rings. The van der Waals surface area contributed by atoms with Crippen LogP contribution in [0.1, 0.15) is 6.92 Å². The van der Waals surface area contributed by atoms with Gasteiger partial charge < -0.3 is 9.84 Å². The van der Waals surface area contributed by atoms with Crippen molar-refractivity contribution < 1.29 is 23.1 Å². The molecule has 1 aromatic heterocycles. The van der Waals surface area contributed by atoms with E-state index in [1.54, 1.807) is 31.3 Å². The second-order valence-electron chi connectivity index (χ2n) is 5.45. The molecule has 3 rings (SSSR count). The third-order valence-electron chi connectivity index (χ3n) is 3.76. The third kappa shape index (κ3) is 2.92. The van der Waals surface area contributed by atoms with Crippen LogP contribution in [0.4, 0.5) is 0 Å². The summed E-state index contributed by atoms with van der Waals surface area (Å²) < 4.78 is 32.4. The van der Waals surface area contributed by atoms with Crippen LogP contribution in [-0.2, 0) is 19.6 Å². The Bertz CT molecular complexity index is 847. The number of carbonyl (C=O) groups is 1. The van der Waals surface area contributed by atoms with Crippen molar-refractivity contribution in [1.29, 1.82) is 0 Å². The lowest BCUT2D eigenvalue weighted by atomic mass is 10.2. The van der Waals surface area contributed by atoms with E-state index in [4.69, 9.17) is 9.84 Å². The number of rotatable bonds is 3. The molecule has 23 heavy (non-hydrogen) atoms. The molecule has 1 aliphatic heterocycles. The van der Waals surface area contributed by atoms with E-state index in [9.17, 15) is 13.2 Å². The Morgan fingerprint density at radius 3 is 2.87 bits per heavy atom. The van der Waals surface area contributed by atoms with Crippen LogP contribution in [-0.4, -0.2) is 54.1 Å². The fraction of sp³-hybridized carbons (Fsp3) is 0.333. The van der Waals surface area contributed by atoms with Crippen LogP contribution >= 0.6 is 0 Å². The molecule has 1 fully saturated rings. The van der Waals surface area contributed by atoms with E-state index in [1.807, 2.05) is 0 Å². The van der Waals surface area contributed by atoms with Gasteiger partial charge in [-0.1, -0.05) is 12.1 Å². The zero-order valence-electron chi connectivity index (χ0n) is 12.4. The van der Waals surface area contributed by atoms with Gasteiger partial charge in [-0.05, 0) is 19.1 Å². The summed E-state index contributed by atoms with van der Waals surface area (Å²) in [5.74, 6) is -1.17. The van der Waals surface area contributed by atoms with Gasteiger partial charge in [-0.25, -0.2) is 13.2 Å². The van der Waals surface area contributed by atoms with Gasteiger partial charge in [0.25, 0.3) is 0 Å². The Kier molecular flexibility index (Phi) is 4.05. The van der Waals surface area contributed by atoms with Crippen molar-refractivity contribution in [2.24, 2.45) is 0 Å². The number of nitrogens with zero attached hydrogens (tertiary/aromatic N) is 2. The van der Waals surface area contributed by atoms with Crippen LogP contribution in [0, 0.1) is 0 Å². The highest BCUT2D eigenvalue weighted by atomic mass is 32.2. The van der Waals surface area contributed by atoms with Gasteiger partial charge in [0.05, 0.1) is 17.5 Å². The normalized spacial score (nSPS) is 23.0. The van der Waals surface area contributed by atoms with E-state index in [2.05, 4.69) is 4.98 Å². The van der Waals surface area contributed by atoms with Crippen LogP contribution in [0.3, 0.4) is 0 Å². The second-order valence-corrected chi connectivity index (χ2v) is 7.35. The minimum Gasteiger partial charge on any atom is -0.479 e. The van der Waals surface area contributed by atoms with Gasteiger partial charge >= 0.3 is 5.97 Å². The molecule has 1 saturated heterocycles. The monoisotopic (exact) mass is 336 g/mol. The first-order valence-corrected chi connectivity index (χ1v) is 8.55. The van der Waals surface area contributed by atoms with Crippen molar-refractivity contribution in [3.05, 3.63) is 36.7 Å². The first kappa shape index (κ1) is 15.9. The number of carboxylic acids is 1. The van der Waals surface area contributed by atoms with Crippen LogP contribution in [0.5, 0.6) is 0 Å². The number of fused-ring (bicyclic) bond motifs is 1. The molecule has 122 valence electrons. The van der Waals surface area contributed by atoms with Crippen LogP contribution in [0.25, 0.3) is 10.8 Å². The minimum absolute atomic E-state index is 0.119. The fourth-order valence-corrected chi connectivity index (χ4v) is 4.43. The molecule has 0 unspecified atom stereocenters. The van der Waals surface area contributed by atoms with Gasteiger partial charge in [0.2, 0.25) is 10.0 Å². The van der Waals surface area contributed by atoms with Gasteiger partial charge in [-0.3, -0.25) is 4.98 Å². The predicted octanol–water partition coefficient (Wildman–Crippen LogP) is 1.10. The van der Waals surface area contributed by atoms with Crippen molar-refractivity contribution >= 4 is 26.8 Å². The number of benzene rings is 1. The van der Waals surface area contributed by atoms with Gasteiger partial charge in [0.15, 0.2) is 6.10 Å². The Morgan fingerprint density at radius 1 is 1.35 bits per heavy atom. The summed E-state index contributed by atoms with van der Waals surface area (Å²) in [4.78, 5) is 15.3. The summed E-state index contributed by atoms with van der Waals surface area (Å²) >= 11 is 0. The number of morpholine rings is 1. The van der Waals surface area contributed by atoms with Gasteiger partial charge in [-0.2, -0.15) is 4.31 Å². The van der Waals surface area contributed by atoms with E-state index in [0.29, 0.717) is 10.8 Å². The SMILES string of the molecule is C[C@@H]1CN(S(=O)(=O)c2cccc3cnccc23)C[C@H](C(=O)O)O1. The Morgan fingerprint density at radius 2 is 2.13 bits per heavy atom. The lowest BCUT2D eigenvalue weighted by molar-refractivity contribution is -0.159. The summed E-state index contributed by atoms with van der Waals surface area (Å²) in [6.07, 6.45) is 1.47. The number of carboxylic acid groups (broad SMARTS) is 1. The van der Waals surface area contributed by atoms with Crippen LogP contribution in [0.15, 0.2) is 41.6 Å². The van der Waals surface area contributed by atoms with Gasteiger partial charge in [0, 0.05) is 29.7 Å². The summed E-state index contributed by atoms with van der Waals surface area (Å²) in [6, 6.07) is 6.59. The molecule has 0 aliphatic carbocycles. The average Bonchev–Trinajstić information content (AvgIpc) is 2.53. The molecular weight excluding hydrogens is 320 g/mol. The molecule has 0 bridgehead atoms. The molecule has 2 aromatic rings. The zero-order valence-corrected chi connectivity index (χ0v) is 13.2. The Labute approximate surface area is 133 Å². The summed E-state index contributed by atoms with van der Waals surface area (Å²) in [6.45, 7) is 1.57. The number of pyridine rings is 1. The number of sulfonamides is 1. The van der Waals surface area contributed by atoms with E-state index < -0.39 is 28.2 Å². The average molecular weight is 336 g/mol. The molecule has 0 spiro atoms. The first-order valence-electron chi connectivity index (χ1n) is 7.11. The van der Waals surface area contributed by atoms with Crippen molar-refractivity contribution in [3.8, 4) is 0 Å². The highest BCUT2D eigenvalue weighted by molar-refractivity contribution is 7.89. The number of aromatic nitrogens is 1. The molecule has 0 amide bonds. The van der Waals surface area contributed by atoms with Gasteiger partial charge in [-0.15, -0.1) is 0 Å². The van der Waals surface area contributed by atoms with E-state index in [1.165, 1.54) is 16.6 Å². The Hall–Kier alpha value is -2.03. The Balaban J connectivity index is 2.05. The molecule has 2 heterocycles. The maximum Gasteiger partial charge on any atom is 0.334 e. The number of ether oxygens (including phenoxy) is 1. The van der Waals surface area contributed by atoms with Crippen molar-refractivity contribution in [2.45, 2.75) is 24.0 Å². The summed E-state index contributed by atoms with van der Waals surface area (Å²) in [7, 11) is -3.83. The van der Waals surface area contributed by atoms with Crippen molar-refractivity contribution in [2.75, 3.05) is 13.1 Å². The zero-order chi connectivity index (χ0) is 16.6. The largest absolute Gasteiger partial charge is 0.479 e. The summed E-state index contributed by atoms with van der Waals surface area (Å²) in [5, 5.41) is 10.4. The molecule has 1 aromatic carbocycles. The molecule has 7 nitrogen and oxygen atoms in total. The minimum atomic E-state index is -3.83. The number of hydrogen-bond donors (Lipinski definition) is 1. The van der Waals surface area contributed by atoms with Crippen LogP contribution in [0.2, 0.25) is 0 Å². The lowest BCUT2D eigenvalue weighted by Crippen LogP contribution is -2.51. The molecule has 1 N–H and O–H groups in total. The lowest BCUT2D eigenvalue weighted by Gasteiger charge is -2.34. The highest BCUT2D eigenvalue weighted by Crippen LogP contribution is 2.27. The highest BCUT2D eigenvalue weighted by Gasteiger charge is 2.37. The maximum atomic E-state index is 13.0. The third-order valence-corrected chi connectivity index (χ3v) is 5.65. The molecule has 0 saturated carbocycles. The molecule has 0 radical (unpaired) electrons. The molecule has 2 atom stereocenters. The van der Waals surface area contributed by atoms with Gasteiger partial charge in [0.1, 0.15) is 0 Å². The van der Waals surface area contributed by atoms with Crippen molar-refractivity contribution in [3.63, 3.8) is 0 Å². The fourth-order valence-electron chi connectivity index (χ4n) is 2.70. The predicted molar refractivity (Wildman–Crippen MR) is 82.5 cm³/mol. The van der Waals surface area contributed by atoms with E-state index in [0.717, 1.165) is 0 Å². The quantitative estimate of drug-likeness (QED) is 0.901. The van der Waals surface area contributed by atoms with E-state index >= 15 is 0 Å². The second kappa shape index (κ2) is 5.88. The maximum absolute atomic E-state index is 13.0.